The summed E-state index contributed by atoms with van der Waals surface area (Å²) in [6, 6.07) is 8.21. The van der Waals surface area contributed by atoms with Crippen LogP contribution in [0.25, 0.3) is 0 Å². The zero-order valence-electron chi connectivity index (χ0n) is 13.1. The molecule has 1 aromatic carbocycles. The van der Waals surface area contributed by atoms with Gasteiger partial charge in [0.25, 0.3) is 0 Å². The van der Waals surface area contributed by atoms with Crippen LogP contribution in [0.4, 0.5) is 5.69 Å². The van der Waals surface area contributed by atoms with Crippen molar-refractivity contribution in [3.8, 4) is 0 Å². The highest BCUT2D eigenvalue weighted by Gasteiger charge is 2.10. The van der Waals surface area contributed by atoms with E-state index in [9.17, 15) is 4.79 Å². The molecule has 21 heavy (non-hydrogen) atoms. The monoisotopic (exact) mass is 293 g/mol. The van der Waals surface area contributed by atoms with Gasteiger partial charge in [0.15, 0.2) is 0 Å². The van der Waals surface area contributed by atoms with Crippen LogP contribution in [-0.4, -0.2) is 45.8 Å². The van der Waals surface area contributed by atoms with Crippen LogP contribution in [0, 0.1) is 6.92 Å². The molecule has 0 saturated heterocycles. The molecular formula is C16H27N3O2. The number of ether oxygens (including phenoxy) is 1. The molecule has 3 N–H and O–H groups in total. The molecule has 0 aliphatic rings. The molecule has 0 spiro atoms. The second-order valence-corrected chi connectivity index (χ2v) is 5.10. The van der Waals surface area contributed by atoms with Crippen LogP contribution < -0.4 is 16.0 Å². The summed E-state index contributed by atoms with van der Waals surface area (Å²) in [5.41, 5.74) is 7.85. The molecule has 0 radical (unpaired) electrons. The number of nitrogens with two attached hydrogens (primary N) is 1. The van der Waals surface area contributed by atoms with Gasteiger partial charge in [0.2, 0.25) is 5.91 Å². The minimum Gasteiger partial charge on any atom is -0.385 e. The van der Waals surface area contributed by atoms with Crippen molar-refractivity contribution in [3.63, 3.8) is 0 Å². The molecule has 1 amide bonds. The van der Waals surface area contributed by atoms with Crippen molar-refractivity contribution in [1.29, 1.82) is 0 Å². The molecule has 5 nitrogen and oxygen atoms in total. The average molecular weight is 293 g/mol. The topological polar surface area (TPSA) is 67.6 Å². The van der Waals surface area contributed by atoms with Crippen LogP contribution in [0.2, 0.25) is 0 Å². The van der Waals surface area contributed by atoms with Gasteiger partial charge in [-0.15, -0.1) is 0 Å². The minimum atomic E-state index is 0.0312. The number of amides is 1. The molecule has 0 bridgehead atoms. The Labute approximate surface area is 127 Å². The number of aryl methyl sites for hydroxylation is 1. The molecule has 0 aliphatic heterocycles. The first kappa shape index (κ1) is 17.5. The Morgan fingerprint density at radius 2 is 2.00 bits per heavy atom. The molecule has 0 atom stereocenters. The molecular weight excluding hydrogens is 266 g/mol. The number of nitrogens with one attached hydrogen (secondary N) is 1. The van der Waals surface area contributed by atoms with Gasteiger partial charge in [-0.1, -0.05) is 17.7 Å². The van der Waals surface area contributed by atoms with Crippen LogP contribution in [0.5, 0.6) is 0 Å². The predicted octanol–water partition coefficient (Wildman–Crippen LogP) is 1.30. The molecule has 0 saturated carbocycles. The summed E-state index contributed by atoms with van der Waals surface area (Å²) in [7, 11) is 1.66. The van der Waals surface area contributed by atoms with Gasteiger partial charge in [-0.2, -0.15) is 0 Å². The number of carbonyl (C=O) groups is 1. The zero-order chi connectivity index (χ0) is 15.5. The van der Waals surface area contributed by atoms with Gasteiger partial charge in [-0.3, -0.25) is 4.79 Å². The number of rotatable bonds is 10. The third-order valence-corrected chi connectivity index (χ3v) is 3.21. The summed E-state index contributed by atoms with van der Waals surface area (Å²) in [4.78, 5) is 14.1. The van der Waals surface area contributed by atoms with E-state index in [1.165, 1.54) is 5.56 Å². The summed E-state index contributed by atoms with van der Waals surface area (Å²) in [5.74, 6) is 0.0312. The highest BCUT2D eigenvalue weighted by molar-refractivity contribution is 5.81. The van der Waals surface area contributed by atoms with E-state index < -0.39 is 0 Å². The lowest BCUT2D eigenvalue weighted by molar-refractivity contribution is -0.119. The van der Waals surface area contributed by atoms with Crippen molar-refractivity contribution in [3.05, 3.63) is 29.8 Å². The van der Waals surface area contributed by atoms with Crippen molar-refractivity contribution in [1.82, 2.24) is 5.32 Å². The van der Waals surface area contributed by atoms with E-state index in [-0.39, 0.29) is 5.91 Å². The predicted molar refractivity (Wildman–Crippen MR) is 86.6 cm³/mol. The van der Waals surface area contributed by atoms with Crippen LogP contribution >= 0.6 is 0 Å². The van der Waals surface area contributed by atoms with Gasteiger partial charge in [0.05, 0.1) is 6.54 Å². The van der Waals surface area contributed by atoms with E-state index in [0.29, 0.717) is 26.2 Å². The van der Waals surface area contributed by atoms with Crippen LogP contribution in [0.15, 0.2) is 24.3 Å². The second kappa shape index (κ2) is 10.2. The fourth-order valence-corrected chi connectivity index (χ4v) is 2.01. The lowest BCUT2D eigenvalue weighted by atomic mass is 10.2. The first-order valence-corrected chi connectivity index (χ1v) is 7.44. The number of hydrogen-bond acceptors (Lipinski definition) is 4. The minimum absolute atomic E-state index is 0.0312. The van der Waals surface area contributed by atoms with Gasteiger partial charge in [0, 0.05) is 32.5 Å². The van der Waals surface area contributed by atoms with E-state index in [2.05, 4.69) is 29.3 Å². The van der Waals surface area contributed by atoms with Gasteiger partial charge < -0.3 is 20.7 Å². The molecule has 0 aliphatic carbocycles. The van der Waals surface area contributed by atoms with Crippen molar-refractivity contribution in [2.45, 2.75) is 19.8 Å². The standard InChI is InChI=1S/C16H27N3O2/c1-14-5-7-15(8-6-14)19(11-3-9-17)13-16(20)18-10-4-12-21-2/h5-8H,3-4,9-13,17H2,1-2H3,(H,18,20). The average Bonchev–Trinajstić information content (AvgIpc) is 2.49. The fourth-order valence-electron chi connectivity index (χ4n) is 2.01. The summed E-state index contributed by atoms with van der Waals surface area (Å²) >= 11 is 0. The van der Waals surface area contributed by atoms with E-state index in [1.807, 2.05) is 12.1 Å². The van der Waals surface area contributed by atoms with Gasteiger partial charge >= 0.3 is 0 Å². The highest BCUT2D eigenvalue weighted by Crippen LogP contribution is 2.15. The summed E-state index contributed by atoms with van der Waals surface area (Å²) in [5, 5.41) is 2.91. The number of carbonyl (C=O) groups excluding carboxylic acids is 1. The van der Waals surface area contributed by atoms with E-state index in [0.717, 1.165) is 25.1 Å². The van der Waals surface area contributed by atoms with Crippen LogP contribution in [0.1, 0.15) is 18.4 Å². The Balaban J connectivity index is 2.53. The number of nitrogens with zero attached hydrogens (tertiary/aromatic N) is 1. The molecule has 1 rings (SSSR count). The largest absolute Gasteiger partial charge is 0.385 e. The first-order chi connectivity index (χ1) is 10.2. The summed E-state index contributed by atoms with van der Waals surface area (Å²) < 4.78 is 4.96. The van der Waals surface area contributed by atoms with Gasteiger partial charge in [0.1, 0.15) is 0 Å². The van der Waals surface area contributed by atoms with Crippen LogP contribution in [0.3, 0.4) is 0 Å². The summed E-state index contributed by atoms with van der Waals surface area (Å²) in [6.07, 6.45) is 1.69. The van der Waals surface area contributed by atoms with E-state index in [1.54, 1.807) is 7.11 Å². The zero-order valence-corrected chi connectivity index (χ0v) is 13.1. The maximum atomic E-state index is 12.0. The maximum absolute atomic E-state index is 12.0. The van der Waals surface area contributed by atoms with Crippen molar-refractivity contribution < 1.29 is 9.53 Å². The molecule has 0 heterocycles. The van der Waals surface area contributed by atoms with Gasteiger partial charge in [-0.25, -0.2) is 0 Å². The Kier molecular flexibility index (Phi) is 8.47. The van der Waals surface area contributed by atoms with Crippen LogP contribution in [-0.2, 0) is 9.53 Å². The second-order valence-electron chi connectivity index (χ2n) is 5.10. The van der Waals surface area contributed by atoms with Crippen molar-refractivity contribution >= 4 is 11.6 Å². The van der Waals surface area contributed by atoms with Crippen molar-refractivity contribution in [2.75, 3.05) is 44.8 Å². The highest BCUT2D eigenvalue weighted by atomic mass is 16.5. The molecule has 0 unspecified atom stereocenters. The van der Waals surface area contributed by atoms with E-state index in [4.69, 9.17) is 10.5 Å². The molecule has 5 heteroatoms. The number of hydrogen-bond donors (Lipinski definition) is 2. The van der Waals surface area contributed by atoms with E-state index >= 15 is 0 Å². The Hall–Kier alpha value is -1.59. The molecule has 1 aromatic rings. The smallest absolute Gasteiger partial charge is 0.239 e. The summed E-state index contributed by atoms with van der Waals surface area (Å²) in [6.45, 7) is 5.12. The fraction of sp³-hybridized carbons (Fsp3) is 0.562. The van der Waals surface area contributed by atoms with Gasteiger partial charge in [-0.05, 0) is 38.4 Å². The third kappa shape index (κ3) is 7.11. The Morgan fingerprint density at radius 3 is 2.62 bits per heavy atom. The lowest BCUT2D eigenvalue weighted by Crippen LogP contribution is -2.38. The normalized spacial score (nSPS) is 10.4. The number of methoxy groups -OCH3 is 1. The Bertz CT molecular complexity index is 406. The quantitative estimate of drug-likeness (QED) is 0.638. The Morgan fingerprint density at radius 1 is 1.29 bits per heavy atom. The third-order valence-electron chi connectivity index (χ3n) is 3.21. The van der Waals surface area contributed by atoms with Crippen molar-refractivity contribution in [2.24, 2.45) is 5.73 Å². The lowest BCUT2D eigenvalue weighted by Gasteiger charge is -2.24. The number of anilines is 1. The molecule has 0 fully saturated rings. The molecule has 118 valence electrons. The first-order valence-electron chi connectivity index (χ1n) is 7.44. The number of benzene rings is 1. The SMILES string of the molecule is COCCCNC(=O)CN(CCCN)c1ccc(C)cc1. The maximum Gasteiger partial charge on any atom is 0.239 e. The molecule has 0 aromatic heterocycles.